The Balaban J connectivity index is 1.73. The molecule has 2 N–H and O–H groups in total. The number of amides is 2. The molecule has 5 nitrogen and oxygen atoms in total. The van der Waals surface area contributed by atoms with Gasteiger partial charge in [0.1, 0.15) is 0 Å². The fourth-order valence-corrected chi connectivity index (χ4v) is 2.20. The van der Waals surface area contributed by atoms with Gasteiger partial charge in [0.25, 0.3) is 5.91 Å². The Morgan fingerprint density at radius 1 is 1.23 bits per heavy atom. The van der Waals surface area contributed by atoms with Crippen molar-refractivity contribution in [2.45, 2.75) is 19.4 Å². The molecule has 1 heterocycles. The summed E-state index contributed by atoms with van der Waals surface area (Å²) in [6.45, 7) is 2.18. The molecule has 0 radical (unpaired) electrons. The highest BCUT2D eigenvalue weighted by Crippen LogP contribution is 2.16. The van der Waals surface area contributed by atoms with Crippen molar-refractivity contribution in [1.29, 1.82) is 0 Å². The molecular formula is C16H17BrN2O3. The van der Waals surface area contributed by atoms with Crippen molar-refractivity contribution in [3.05, 3.63) is 58.5 Å². The van der Waals surface area contributed by atoms with Crippen LogP contribution in [0.3, 0.4) is 0 Å². The van der Waals surface area contributed by atoms with E-state index in [4.69, 9.17) is 4.42 Å². The van der Waals surface area contributed by atoms with Crippen LogP contribution in [-0.2, 0) is 4.79 Å². The second kappa shape index (κ2) is 7.79. The maximum atomic E-state index is 11.9. The molecule has 1 unspecified atom stereocenters. The van der Waals surface area contributed by atoms with Crippen LogP contribution in [0.2, 0.25) is 0 Å². The first kappa shape index (κ1) is 16.3. The molecule has 0 bridgehead atoms. The molecule has 2 amide bonds. The molecule has 1 atom stereocenters. The lowest BCUT2D eigenvalue weighted by Crippen LogP contribution is -2.31. The molecule has 22 heavy (non-hydrogen) atoms. The van der Waals surface area contributed by atoms with Crippen molar-refractivity contribution >= 4 is 27.7 Å². The minimum atomic E-state index is -0.321. The zero-order valence-corrected chi connectivity index (χ0v) is 13.7. The van der Waals surface area contributed by atoms with Gasteiger partial charge in [-0.3, -0.25) is 9.59 Å². The summed E-state index contributed by atoms with van der Waals surface area (Å²) in [7, 11) is 0. The molecule has 0 spiro atoms. The fraction of sp³-hybridized carbons (Fsp3) is 0.250. The van der Waals surface area contributed by atoms with Crippen molar-refractivity contribution in [3.63, 3.8) is 0 Å². The van der Waals surface area contributed by atoms with Crippen LogP contribution in [0.25, 0.3) is 0 Å². The second-order valence-electron chi connectivity index (χ2n) is 4.82. The van der Waals surface area contributed by atoms with Gasteiger partial charge in [-0.05, 0) is 36.8 Å². The number of nitrogens with one attached hydrogen (secondary N) is 2. The Hall–Kier alpha value is -2.08. The Bertz CT molecular complexity index is 623. The van der Waals surface area contributed by atoms with E-state index in [-0.39, 0.29) is 36.6 Å². The SMILES string of the molecule is CC(NC(=O)CCNC(=O)c1ccco1)c1ccc(Br)cc1. The van der Waals surface area contributed by atoms with Gasteiger partial charge in [-0.1, -0.05) is 28.1 Å². The third-order valence-electron chi connectivity index (χ3n) is 3.13. The van der Waals surface area contributed by atoms with Crippen LogP contribution < -0.4 is 10.6 Å². The van der Waals surface area contributed by atoms with Crippen LogP contribution in [0, 0.1) is 0 Å². The number of hydrogen-bond acceptors (Lipinski definition) is 3. The van der Waals surface area contributed by atoms with E-state index in [2.05, 4.69) is 26.6 Å². The van der Waals surface area contributed by atoms with Gasteiger partial charge in [-0.15, -0.1) is 0 Å². The lowest BCUT2D eigenvalue weighted by molar-refractivity contribution is -0.121. The Morgan fingerprint density at radius 2 is 1.95 bits per heavy atom. The first-order valence-corrected chi connectivity index (χ1v) is 7.72. The standard InChI is InChI=1S/C16H17BrN2O3/c1-11(12-4-6-13(17)7-5-12)19-15(20)8-9-18-16(21)14-3-2-10-22-14/h2-7,10-11H,8-9H2,1H3,(H,18,21)(H,19,20). The highest BCUT2D eigenvalue weighted by molar-refractivity contribution is 9.10. The average molecular weight is 365 g/mol. The van der Waals surface area contributed by atoms with Crippen LogP contribution >= 0.6 is 15.9 Å². The Morgan fingerprint density at radius 3 is 2.59 bits per heavy atom. The van der Waals surface area contributed by atoms with Gasteiger partial charge >= 0.3 is 0 Å². The van der Waals surface area contributed by atoms with E-state index >= 15 is 0 Å². The predicted molar refractivity (Wildman–Crippen MR) is 86.4 cm³/mol. The summed E-state index contributed by atoms with van der Waals surface area (Å²) in [4.78, 5) is 23.5. The van der Waals surface area contributed by atoms with E-state index in [1.54, 1.807) is 12.1 Å². The van der Waals surface area contributed by atoms with Gasteiger partial charge in [-0.2, -0.15) is 0 Å². The normalized spacial score (nSPS) is 11.7. The number of benzene rings is 1. The van der Waals surface area contributed by atoms with Crippen LogP contribution in [0.4, 0.5) is 0 Å². The number of carbonyl (C=O) groups is 2. The van der Waals surface area contributed by atoms with Crippen molar-refractivity contribution in [1.82, 2.24) is 10.6 Å². The van der Waals surface area contributed by atoms with E-state index in [9.17, 15) is 9.59 Å². The molecule has 1 aromatic carbocycles. The lowest BCUT2D eigenvalue weighted by Gasteiger charge is -2.14. The zero-order chi connectivity index (χ0) is 15.9. The predicted octanol–water partition coefficient (Wildman–Crippen LogP) is 3.04. The number of halogens is 1. The maximum Gasteiger partial charge on any atom is 0.286 e. The highest BCUT2D eigenvalue weighted by atomic mass is 79.9. The summed E-state index contributed by atoms with van der Waals surface area (Å²) < 4.78 is 5.96. The number of hydrogen-bond donors (Lipinski definition) is 2. The van der Waals surface area contributed by atoms with Gasteiger partial charge in [0, 0.05) is 17.4 Å². The third-order valence-corrected chi connectivity index (χ3v) is 3.66. The number of furan rings is 1. The summed E-state index contributed by atoms with van der Waals surface area (Å²) >= 11 is 3.37. The van der Waals surface area contributed by atoms with Crippen molar-refractivity contribution in [2.75, 3.05) is 6.54 Å². The average Bonchev–Trinajstić information content (AvgIpc) is 3.02. The summed E-state index contributed by atoms with van der Waals surface area (Å²) in [5.41, 5.74) is 1.02. The number of carbonyl (C=O) groups excluding carboxylic acids is 2. The van der Waals surface area contributed by atoms with Crippen LogP contribution in [0.1, 0.15) is 35.5 Å². The molecule has 0 saturated carbocycles. The topological polar surface area (TPSA) is 71.3 Å². The van der Waals surface area contributed by atoms with Crippen molar-refractivity contribution in [2.24, 2.45) is 0 Å². The zero-order valence-electron chi connectivity index (χ0n) is 12.1. The molecule has 0 fully saturated rings. The quantitative estimate of drug-likeness (QED) is 0.827. The minimum Gasteiger partial charge on any atom is -0.459 e. The van der Waals surface area contributed by atoms with E-state index < -0.39 is 0 Å². The monoisotopic (exact) mass is 364 g/mol. The highest BCUT2D eigenvalue weighted by Gasteiger charge is 2.11. The van der Waals surface area contributed by atoms with Crippen molar-refractivity contribution < 1.29 is 14.0 Å². The Labute approximate surface area is 137 Å². The van der Waals surface area contributed by atoms with E-state index in [0.29, 0.717) is 0 Å². The van der Waals surface area contributed by atoms with Crippen LogP contribution in [0.5, 0.6) is 0 Å². The molecule has 2 aromatic rings. The summed E-state index contributed by atoms with van der Waals surface area (Å²) in [6.07, 6.45) is 1.65. The first-order valence-electron chi connectivity index (χ1n) is 6.93. The molecule has 1 aromatic heterocycles. The lowest BCUT2D eigenvalue weighted by atomic mass is 10.1. The molecule has 116 valence electrons. The molecule has 2 rings (SSSR count). The van der Waals surface area contributed by atoms with E-state index in [1.165, 1.54) is 6.26 Å². The van der Waals surface area contributed by atoms with E-state index in [1.807, 2.05) is 31.2 Å². The molecule has 6 heteroatoms. The maximum absolute atomic E-state index is 11.9. The van der Waals surface area contributed by atoms with Gasteiger partial charge in [0.15, 0.2) is 5.76 Å². The molecule has 0 saturated heterocycles. The largest absolute Gasteiger partial charge is 0.459 e. The molecule has 0 aliphatic heterocycles. The second-order valence-corrected chi connectivity index (χ2v) is 5.74. The molecule has 0 aliphatic rings. The Kier molecular flexibility index (Phi) is 5.77. The van der Waals surface area contributed by atoms with E-state index in [0.717, 1.165) is 10.0 Å². The summed E-state index contributed by atoms with van der Waals surface area (Å²) in [5.74, 6) is -0.197. The summed E-state index contributed by atoms with van der Waals surface area (Å²) in [5, 5.41) is 5.53. The van der Waals surface area contributed by atoms with Crippen molar-refractivity contribution in [3.8, 4) is 0 Å². The molecular weight excluding hydrogens is 348 g/mol. The van der Waals surface area contributed by atoms with Gasteiger partial charge in [-0.25, -0.2) is 0 Å². The fourth-order valence-electron chi connectivity index (χ4n) is 1.93. The van der Waals surface area contributed by atoms with Crippen LogP contribution in [-0.4, -0.2) is 18.4 Å². The minimum absolute atomic E-state index is 0.0821. The third kappa shape index (κ3) is 4.73. The van der Waals surface area contributed by atoms with Gasteiger partial charge in [0.05, 0.1) is 12.3 Å². The van der Waals surface area contributed by atoms with Gasteiger partial charge < -0.3 is 15.1 Å². The molecule has 0 aliphatic carbocycles. The smallest absolute Gasteiger partial charge is 0.286 e. The number of rotatable bonds is 6. The van der Waals surface area contributed by atoms with Crippen LogP contribution in [0.15, 0.2) is 51.6 Å². The summed E-state index contributed by atoms with van der Waals surface area (Å²) in [6, 6.07) is 10.9. The first-order chi connectivity index (χ1) is 10.6. The van der Waals surface area contributed by atoms with Gasteiger partial charge in [0.2, 0.25) is 5.91 Å².